The van der Waals surface area contributed by atoms with Crippen LogP contribution in [0.2, 0.25) is 0 Å². The van der Waals surface area contributed by atoms with Gasteiger partial charge in [0.15, 0.2) is 0 Å². The van der Waals surface area contributed by atoms with Gasteiger partial charge in [0.25, 0.3) is 0 Å². The molecule has 3 nitrogen and oxygen atoms in total. The van der Waals surface area contributed by atoms with Crippen molar-refractivity contribution < 1.29 is 0 Å². The highest BCUT2D eigenvalue weighted by atomic mass is 15.1. The molecule has 0 aliphatic rings. The van der Waals surface area contributed by atoms with E-state index in [1.807, 2.05) is 0 Å². The number of aromatic nitrogens is 2. The highest BCUT2D eigenvalue weighted by Crippen LogP contribution is 2.25. The summed E-state index contributed by atoms with van der Waals surface area (Å²) in [5.74, 6) is 1.05. The van der Waals surface area contributed by atoms with E-state index in [0.717, 1.165) is 11.4 Å². The van der Waals surface area contributed by atoms with E-state index in [1.54, 1.807) is 6.20 Å². The van der Waals surface area contributed by atoms with Gasteiger partial charge in [-0.15, -0.1) is 0 Å². The van der Waals surface area contributed by atoms with Crippen molar-refractivity contribution in [3.8, 4) is 0 Å². The number of H-pyrrole nitrogens is 1. The summed E-state index contributed by atoms with van der Waals surface area (Å²) in [7, 11) is 0. The van der Waals surface area contributed by atoms with E-state index in [9.17, 15) is 0 Å². The van der Waals surface area contributed by atoms with Gasteiger partial charge in [0.1, 0.15) is 0 Å². The van der Waals surface area contributed by atoms with Gasteiger partial charge in [-0.05, 0) is 5.92 Å². The topological polar surface area (TPSA) is 54.7 Å². The number of anilines is 1. The Kier molecular flexibility index (Phi) is 2.17. The lowest BCUT2D eigenvalue weighted by Crippen LogP contribution is -2.04. The summed E-state index contributed by atoms with van der Waals surface area (Å²) < 4.78 is 0. The van der Waals surface area contributed by atoms with Crippen molar-refractivity contribution in [3.63, 3.8) is 0 Å². The molecule has 1 heterocycles. The number of rotatable bonds is 2. The number of nitrogens with one attached hydrogen (secondary N) is 1. The average Bonchev–Trinajstić information content (AvgIpc) is 2.33. The van der Waals surface area contributed by atoms with Crippen LogP contribution < -0.4 is 5.73 Å². The van der Waals surface area contributed by atoms with E-state index in [2.05, 4.69) is 31.0 Å². The minimum atomic E-state index is 0.456. The van der Waals surface area contributed by atoms with Gasteiger partial charge in [0.2, 0.25) is 0 Å². The van der Waals surface area contributed by atoms with Crippen LogP contribution in [0.5, 0.6) is 0 Å². The first-order valence-electron chi connectivity index (χ1n) is 3.91. The van der Waals surface area contributed by atoms with Gasteiger partial charge in [-0.25, -0.2) is 0 Å². The van der Waals surface area contributed by atoms with E-state index in [0.29, 0.717) is 11.8 Å². The Bertz CT molecular complexity index is 227. The lowest BCUT2D eigenvalue weighted by atomic mass is 9.94. The number of hydrogen-bond donors (Lipinski definition) is 2. The van der Waals surface area contributed by atoms with Crippen LogP contribution in [0, 0.1) is 5.92 Å². The third kappa shape index (κ3) is 1.53. The Hall–Kier alpha value is -0.990. The molecule has 0 fully saturated rings. The van der Waals surface area contributed by atoms with E-state index >= 15 is 0 Å². The maximum atomic E-state index is 5.69. The van der Waals surface area contributed by atoms with Gasteiger partial charge < -0.3 is 5.73 Å². The third-order valence-corrected chi connectivity index (χ3v) is 2.15. The second kappa shape index (κ2) is 2.95. The van der Waals surface area contributed by atoms with Gasteiger partial charge in [-0.2, -0.15) is 5.10 Å². The SMILES string of the molecule is CC(C)C(C)c1[nH]ncc1N. The number of aromatic amines is 1. The standard InChI is InChI=1S/C8H15N3/c1-5(2)6(3)8-7(9)4-10-11-8/h4-6H,9H2,1-3H3,(H,10,11). The van der Waals surface area contributed by atoms with Crippen LogP contribution in [0.25, 0.3) is 0 Å². The Morgan fingerprint density at radius 2 is 2.09 bits per heavy atom. The maximum Gasteiger partial charge on any atom is 0.0733 e. The van der Waals surface area contributed by atoms with Gasteiger partial charge >= 0.3 is 0 Å². The molecular formula is C8H15N3. The zero-order chi connectivity index (χ0) is 8.43. The minimum Gasteiger partial charge on any atom is -0.396 e. The summed E-state index contributed by atoms with van der Waals surface area (Å²) >= 11 is 0. The van der Waals surface area contributed by atoms with Crippen LogP contribution in [0.4, 0.5) is 5.69 Å². The Morgan fingerprint density at radius 3 is 2.45 bits per heavy atom. The molecule has 3 N–H and O–H groups in total. The third-order valence-electron chi connectivity index (χ3n) is 2.15. The predicted octanol–water partition coefficient (Wildman–Crippen LogP) is 1.75. The van der Waals surface area contributed by atoms with Gasteiger partial charge in [-0.3, -0.25) is 5.10 Å². The largest absolute Gasteiger partial charge is 0.396 e. The molecule has 62 valence electrons. The molecule has 1 rings (SSSR count). The summed E-state index contributed by atoms with van der Waals surface area (Å²) in [6.07, 6.45) is 1.66. The molecule has 0 aromatic carbocycles. The number of hydrogen-bond acceptors (Lipinski definition) is 2. The molecule has 0 saturated carbocycles. The molecule has 0 radical (unpaired) electrons. The predicted molar refractivity (Wildman–Crippen MR) is 46.3 cm³/mol. The monoisotopic (exact) mass is 153 g/mol. The molecule has 0 saturated heterocycles. The fourth-order valence-corrected chi connectivity index (χ4v) is 1.00. The normalized spacial score (nSPS) is 13.8. The van der Waals surface area contributed by atoms with E-state index in [-0.39, 0.29) is 0 Å². The summed E-state index contributed by atoms with van der Waals surface area (Å²) in [6.45, 7) is 6.49. The summed E-state index contributed by atoms with van der Waals surface area (Å²) in [5, 5.41) is 6.79. The fraction of sp³-hybridized carbons (Fsp3) is 0.625. The first kappa shape index (κ1) is 8.11. The Balaban J connectivity index is 2.84. The van der Waals surface area contributed by atoms with Crippen molar-refractivity contribution in [2.24, 2.45) is 5.92 Å². The van der Waals surface area contributed by atoms with Crippen LogP contribution >= 0.6 is 0 Å². The van der Waals surface area contributed by atoms with Crippen molar-refractivity contribution in [1.29, 1.82) is 0 Å². The second-order valence-corrected chi connectivity index (χ2v) is 3.27. The second-order valence-electron chi connectivity index (χ2n) is 3.27. The molecule has 0 amide bonds. The van der Waals surface area contributed by atoms with Crippen LogP contribution in [0.3, 0.4) is 0 Å². The number of nitrogens with zero attached hydrogens (tertiary/aromatic N) is 1. The number of nitrogen functional groups attached to an aromatic ring is 1. The van der Waals surface area contributed by atoms with E-state index in [1.165, 1.54) is 0 Å². The average molecular weight is 153 g/mol. The molecule has 1 atom stereocenters. The zero-order valence-electron chi connectivity index (χ0n) is 7.26. The molecule has 0 spiro atoms. The van der Waals surface area contributed by atoms with Crippen LogP contribution in [0.15, 0.2) is 6.20 Å². The molecule has 1 aromatic heterocycles. The number of nitrogens with two attached hydrogens (primary N) is 1. The summed E-state index contributed by atoms with van der Waals surface area (Å²) in [6, 6.07) is 0. The van der Waals surface area contributed by atoms with Gasteiger partial charge in [-0.1, -0.05) is 20.8 Å². The Labute approximate surface area is 67.0 Å². The lowest BCUT2D eigenvalue weighted by Gasteiger charge is -2.13. The van der Waals surface area contributed by atoms with E-state index < -0.39 is 0 Å². The van der Waals surface area contributed by atoms with Crippen LogP contribution in [0.1, 0.15) is 32.4 Å². The molecule has 1 aromatic rings. The van der Waals surface area contributed by atoms with Crippen LogP contribution in [-0.4, -0.2) is 10.2 Å². The smallest absolute Gasteiger partial charge is 0.0733 e. The van der Waals surface area contributed by atoms with Crippen molar-refractivity contribution in [3.05, 3.63) is 11.9 Å². The lowest BCUT2D eigenvalue weighted by molar-refractivity contribution is 0.524. The quantitative estimate of drug-likeness (QED) is 0.680. The van der Waals surface area contributed by atoms with E-state index in [4.69, 9.17) is 5.73 Å². The molecule has 3 heteroatoms. The Morgan fingerprint density at radius 1 is 1.45 bits per heavy atom. The molecule has 0 bridgehead atoms. The zero-order valence-corrected chi connectivity index (χ0v) is 7.26. The van der Waals surface area contributed by atoms with Crippen molar-refractivity contribution in [2.45, 2.75) is 26.7 Å². The molecule has 0 aliphatic carbocycles. The first-order valence-corrected chi connectivity index (χ1v) is 3.91. The molecule has 11 heavy (non-hydrogen) atoms. The fourth-order valence-electron chi connectivity index (χ4n) is 1.00. The van der Waals surface area contributed by atoms with Crippen LogP contribution in [-0.2, 0) is 0 Å². The molecular weight excluding hydrogens is 138 g/mol. The first-order chi connectivity index (χ1) is 5.13. The van der Waals surface area contributed by atoms with Gasteiger partial charge in [0, 0.05) is 5.92 Å². The minimum absolute atomic E-state index is 0.456. The summed E-state index contributed by atoms with van der Waals surface area (Å²) in [5.41, 5.74) is 7.51. The highest BCUT2D eigenvalue weighted by Gasteiger charge is 2.13. The summed E-state index contributed by atoms with van der Waals surface area (Å²) in [4.78, 5) is 0. The van der Waals surface area contributed by atoms with Gasteiger partial charge in [0.05, 0.1) is 17.6 Å². The maximum absolute atomic E-state index is 5.69. The highest BCUT2D eigenvalue weighted by molar-refractivity contribution is 5.41. The van der Waals surface area contributed by atoms with Crippen molar-refractivity contribution in [1.82, 2.24) is 10.2 Å². The van der Waals surface area contributed by atoms with Crippen molar-refractivity contribution in [2.75, 3.05) is 5.73 Å². The van der Waals surface area contributed by atoms with Crippen molar-refractivity contribution >= 4 is 5.69 Å². The molecule has 0 aliphatic heterocycles. The molecule has 1 unspecified atom stereocenters.